The fourth-order valence-corrected chi connectivity index (χ4v) is 1.94. The van der Waals surface area contributed by atoms with Crippen molar-refractivity contribution in [1.29, 1.82) is 0 Å². The highest BCUT2D eigenvalue weighted by atomic mass is 19.4. The summed E-state index contributed by atoms with van der Waals surface area (Å²) in [5, 5.41) is 8.87. The quantitative estimate of drug-likeness (QED) is 0.764. The van der Waals surface area contributed by atoms with Crippen molar-refractivity contribution in [3.8, 4) is 11.5 Å². The predicted molar refractivity (Wildman–Crippen MR) is 97.7 cm³/mol. The zero-order chi connectivity index (χ0) is 22.4. The number of pyridine rings is 1. The summed E-state index contributed by atoms with van der Waals surface area (Å²) in [5.41, 5.74) is -1.25. The normalized spacial score (nSPS) is 11.3. The summed E-state index contributed by atoms with van der Waals surface area (Å²) in [6.45, 7) is 6.92. The van der Waals surface area contributed by atoms with Crippen LogP contribution in [0.25, 0.3) is 11.5 Å². The molecule has 29 heavy (non-hydrogen) atoms. The molecule has 2 rings (SSSR count). The Morgan fingerprint density at radius 2 is 1.86 bits per heavy atom. The second-order valence-electron chi connectivity index (χ2n) is 6.43. The molecule has 2 aromatic heterocycles. The van der Waals surface area contributed by atoms with Crippen LogP contribution in [0, 0.1) is 0 Å². The van der Waals surface area contributed by atoms with Gasteiger partial charge in [0.2, 0.25) is 5.89 Å². The van der Waals surface area contributed by atoms with Crippen LogP contribution in [0.2, 0.25) is 0 Å². The van der Waals surface area contributed by atoms with Gasteiger partial charge in [-0.2, -0.15) is 13.2 Å². The molecular formula is C18H22F3N3O5. The second-order valence-corrected chi connectivity index (χ2v) is 6.43. The number of nitrogens with zero attached hydrogens (tertiary/aromatic N) is 3. The summed E-state index contributed by atoms with van der Waals surface area (Å²) < 4.78 is 48.8. The maximum atomic E-state index is 12.9. The lowest BCUT2D eigenvalue weighted by Crippen LogP contribution is -2.42. The van der Waals surface area contributed by atoms with Gasteiger partial charge in [-0.25, -0.2) is 19.6 Å². The molecule has 0 spiro atoms. The minimum atomic E-state index is -4.70. The first-order valence-electron chi connectivity index (χ1n) is 8.58. The smallest absolute Gasteiger partial charge is 0.416 e. The lowest BCUT2D eigenvalue weighted by atomic mass is 10.2. The van der Waals surface area contributed by atoms with Crippen molar-refractivity contribution in [2.75, 3.05) is 11.4 Å². The molecule has 0 radical (unpaired) electrons. The summed E-state index contributed by atoms with van der Waals surface area (Å²) in [6.07, 6.45) is -3.90. The van der Waals surface area contributed by atoms with Crippen molar-refractivity contribution in [2.45, 2.75) is 46.4 Å². The van der Waals surface area contributed by atoms with Crippen molar-refractivity contribution in [3.05, 3.63) is 30.3 Å². The van der Waals surface area contributed by atoms with Gasteiger partial charge in [0.25, 0.3) is 0 Å². The molecule has 0 aliphatic rings. The van der Waals surface area contributed by atoms with Crippen LogP contribution in [0.15, 0.2) is 29.0 Å². The highest BCUT2D eigenvalue weighted by Crippen LogP contribution is 2.27. The van der Waals surface area contributed by atoms with Crippen molar-refractivity contribution in [2.24, 2.45) is 0 Å². The lowest BCUT2D eigenvalue weighted by Gasteiger charge is -2.27. The van der Waals surface area contributed by atoms with Crippen molar-refractivity contribution >= 4 is 17.9 Å². The van der Waals surface area contributed by atoms with Crippen LogP contribution in [0.4, 0.5) is 23.8 Å². The molecule has 8 nitrogen and oxygen atoms in total. The number of alkyl halides is 3. The van der Waals surface area contributed by atoms with Crippen molar-refractivity contribution < 1.29 is 37.0 Å². The summed E-state index contributed by atoms with van der Waals surface area (Å²) in [7, 11) is 0. The largest absolute Gasteiger partial charge is 0.476 e. The maximum absolute atomic E-state index is 12.9. The van der Waals surface area contributed by atoms with Gasteiger partial charge < -0.3 is 14.3 Å². The highest BCUT2D eigenvalue weighted by Gasteiger charge is 2.36. The van der Waals surface area contributed by atoms with Gasteiger partial charge in [-0.05, 0) is 32.9 Å². The number of carboxylic acid groups (broad SMARTS) is 1. The fraction of sp³-hybridized carbons (Fsp3) is 0.444. The van der Waals surface area contributed by atoms with E-state index >= 15 is 0 Å². The van der Waals surface area contributed by atoms with Gasteiger partial charge in [-0.15, -0.1) is 0 Å². The molecule has 0 aliphatic carbocycles. The van der Waals surface area contributed by atoms with E-state index in [-0.39, 0.29) is 23.0 Å². The van der Waals surface area contributed by atoms with E-state index in [4.69, 9.17) is 14.3 Å². The number of ether oxygens (including phenoxy) is 1. The Bertz CT molecular complexity index is 844. The third-order valence-corrected chi connectivity index (χ3v) is 2.94. The SMILES string of the molecule is CC.CC(C)(C)OC(=O)N(CC(F)(F)F)c1cc(-c2nc(C(=O)O)co2)ccn1. The van der Waals surface area contributed by atoms with E-state index in [2.05, 4.69) is 9.97 Å². The summed E-state index contributed by atoms with van der Waals surface area (Å²) in [5.74, 6) is -1.83. The first kappa shape index (κ1) is 23.9. The van der Waals surface area contributed by atoms with Crippen LogP contribution in [0.5, 0.6) is 0 Å². The predicted octanol–water partition coefficient (Wildman–Crippen LogP) is 4.76. The molecule has 0 bridgehead atoms. The Balaban J connectivity index is 0.00000204. The Kier molecular flexibility index (Phi) is 7.75. The molecular weight excluding hydrogens is 395 g/mol. The van der Waals surface area contributed by atoms with Crippen LogP contribution < -0.4 is 4.90 Å². The molecule has 2 aromatic rings. The number of anilines is 1. The Morgan fingerprint density at radius 3 is 2.34 bits per heavy atom. The summed E-state index contributed by atoms with van der Waals surface area (Å²) in [4.78, 5) is 30.9. The molecule has 0 aliphatic heterocycles. The molecule has 11 heteroatoms. The molecule has 0 unspecified atom stereocenters. The van der Waals surface area contributed by atoms with E-state index in [0.717, 1.165) is 18.5 Å². The summed E-state index contributed by atoms with van der Waals surface area (Å²) in [6, 6.07) is 2.47. The average Bonchev–Trinajstić information content (AvgIpc) is 3.10. The number of oxazole rings is 1. The lowest BCUT2D eigenvalue weighted by molar-refractivity contribution is -0.119. The molecule has 160 valence electrons. The van der Waals surface area contributed by atoms with Crippen molar-refractivity contribution in [3.63, 3.8) is 0 Å². The number of carbonyl (C=O) groups excluding carboxylic acids is 1. The number of hydrogen-bond donors (Lipinski definition) is 1. The molecule has 1 N–H and O–H groups in total. The minimum absolute atomic E-state index is 0.142. The number of rotatable bonds is 4. The molecule has 2 heterocycles. The zero-order valence-corrected chi connectivity index (χ0v) is 16.6. The van der Waals surface area contributed by atoms with Crippen LogP contribution in [-0.4, -0.2) is 45.5 Å². The van der Waals surface area contributed by atoms with Crippen LogP contribution in [-0.2, 0) is 4.74 Å². The molecule has 1 amide bonds. The van der Waals surface area contributed by atoms with E-state index < -0.39 is 30.4 Å². The topological polar surface area (TPSA) is 106 Å². The number of aromatic carboxylic acids is 1. The summed E-state index contributed by atoms with van der Waals surface area (Å²) >= 11 is 0. The minimum Gasteiger partial charge on any atom is -0.476 e. The molecule has 0 fully saturated rings. The number of amides is 1. The van der Waals surface area contributed by atoms with E-state index in [1.807, 2.05) is 13.8 Å². The number of aromatic nitrogens is 2. The Morgan fingerprint density at radius 1 is 1.24 bits per heavy atom. The highest BCUT2D eigenvalue weighted by molar-refractivity contribution is 5.88. The number of carbonyl (C=O) groups is 2. The standard InChI is InChI=1S/C16H16F3N3O5.C2H6/c1-15(2,3)27-14(25)22(8-16(17,18)19)11-6-9(4-5-20-11)12-21-10(7-26-12)13(23)24;1-2/h4-7H,8H2,1-3H3,(H,23,24);1-2H3. The van der Waals surface area contributed by atoms with Gasteiger partial charge in [0.05, 0.1) is 0 Å². The Hall–Kier alpha value is -3.11. The number of halogens is 3. The van der Waals surface area contributed by atoms with Crippen LogP contribution in [0.1, 0.15) is 45.1 Å². The third-order valence-electron chi connectivity index (χ3n) is 2.94. The fourth-order valence-electron chi connectivity index (χ4n) is 1.94. The first-order chi connectivity index (χ1) is 13.4. The maximum Gasteiger partial charge on any atom is 0.416 e. The third kappa shape index (κ3) is 7.43. The van der Waals surface area contributed by atoms with Gasteiger partial charge >= 0.3 is 18.2 Å². The molecule has 0 saturated carbocycles. The first-order valence-corrected chi connectivity index (χ1v) is 8.58. The average molecular weight is 417 g/mol. The van der Waals surface area contributed by atoms with E-state index in [1.54, 1.807) is 0 Å². The molecule has 0 atom stereocenters. The van der Waals surface area contributed by atoms with Crippen LogP contribution in [0.3, 0.4) is 0 Å². The van der Waals surface area contributed by atoms with Crippen LogP contribution >= 0.6 is 0 Å². The second kappa shape index (κ2) is 9.39. The van der Waals surface area contributed by atoms with Gasteiger partial charge in [-0.1, -0.05) is 13.8 Å². The van der Waals surface area contributed by atoms with Gasteiger partial charge in [-0.3, -0.25) is 4.90 Å². The molecule has 0 aromatic carbocycles. The number of hydrogen-bond acceptors (Lipinski definition) is 6. The van der Waals surface area contributed by atoms with Gasteiger partial charge in [0.1, 0.15) is 24.2 Å². The zero-order valence-electron chi connectivity index (χ0n) is 16.6. The number of carboxylic acids is 1. The van der Waals surface area contributed by atoms with Gasteiger partial charge in [0, 0.05) is 11.8 Å². The van der Waals surface area contributed by atoms with E-state index in [9.17, 15) is 22.8 Å². The van der Waals surface area contributed by atoms with E-state index in [1.165, 1.54) is 26.8 Å². The molecule has 0 saturated heterocycles. The monoisotopic (exact) mass is 417 g/mol. The Labute approximate surface area is 165 Å². The van der Waals surface area contributed by atoms with Crippen molar-refractivity contribution in [1.82, 2.24) is 9.97 Å². The van der Waals surface area contributed by atoms with E-state index in [0.29, 0.717) is 4.90 Å². The van der Waals surface area contributed by atoms with Gasteiger partial charge in [0.15, 0.2) is 5.69 Å².